The van der Waals surface area contributed by atoms with E-state index < -0.39 is 49.3 Å². The molecule has 0 aliphatic carbocycles. The molecule has 0 spiro atoms. The zero-order chi connectivity index (χ0) is 34.2. The van der Waals surface area contributed by atoms with Crippen LogP contribution in [0.4, 0.5) is 4.79 Å². The quantitative estimate of drug-likeness (QED) is 0.0399. The number of hydrogen-bond donors (Lipinski definition) is 7. The first kappa shape index (κ1) is 41.9. The van der Waals surface area contributed by atoms with Crippen molar-refractivity contribution in [2.45, 2.75) is 122 Å². The molecule has 1 heterocycles. The van der Waals surface area contributed by atoms with Crippen molar-refractivity contribution in [3.8, 4) is 0 Å². The average molecular weight is 666 g/mol. The smallest absolute Gasteiger partial charge is 0.407 e. The highest BCUT2D eigenvalue weighted by molar-refractivity contribution is 5.75. The predicted octanol–water partition coefficient (Wildman–Crippen LogP) is 1.61. The molecular formula is C31H59N3O12. The van der Waals surface area contributed by atoms with E-state index in [4.69, 9.17) is 24.2 Å². The molecule has 15 heteroatoms. The first-order chi connectivity index (χ1) is 22.1. The van der Waals surface area contributed by atoms with Gasteiger partial charge < -0.3 is 50.2 Å². The van der Waals surface area contributed by atoms with Gasteiger partial charge >= 0.3 is 6.09 Å². The Hall–Kier alpha value is -2.11. The molecule has 3 amide bonds. The number of alkyl carbamates (subject to hydrolysis) is 1. The molecule has 1 aliphatic rings. The summed E-state index contributed by atoms with van der Waals surface area (Å²) in [5, 5.41) is 46.4. The summed E-state index contributed by atoms with van der Waals surface area (Å²) in [6, 6.07) is -1.02. The lowest BCUT2D eigenvalue weighted by atomic mass is 9.77. The molecule has 7 N–H and O–H groups in total. The van der Waals surface area contributed by atoms with E-state index >= 15 is 0 Å². The molecule has 0 radical (unpaired) electrons. The second-order valence-electron chi connectivity index (χ2n) is 12.2. The van der Waals surface area contributed by atoms with Crippen LogP contribution < -0.4 is 16.0 Å². The summed E-state index contributed by atoms with van der Waals surface area (Å²) >= 11 is 0. The second kappa shape index (κ2) is 25.0. The van der Waals surface area contributed by atoms with Gasteiger partial charge in [-0.1, -0.05) is 19.8 Å². The van der Waals surface area contributed by atoms with Crippen LogP contribution in [-0.2, 0) is 33.4 Å². The number of nitrogens with one attached hydrogen (secondary N) is 3. The van der Waals surface area contributed by atoms with E-state index in [1.165, 1.54) is 6.92 Å². The number of carbonyl (C=O) groups is 3. The lowest BCUT2D eigenvalue weighted by molar-refractivity contribution is -0.270. The van der Waals surface area contributed by atoms with Crippen molar-refractivity contribution >= 4 is 17.9 Å². The Labute approximate surface area is 272 Å². The SMILES string of the molecule is COCCCC(C)(CCCOO)CCCOC(=O)NCCCCCCNC(=O)CCCOC1OC(CO)C(O)C(O)C1NC(C)=O. The summed E-state index contributed by atoms with van der Waals surface area (Å²) < 4.78 is 21.6. The van der Waals surface area contributed by atoms with Gasteiger partial charge in [0.05, 0.1) is 26.4 Å². The Kier molecular flexibility index (Phi) is 22.8. The summed E-state index contributed by atoms with van der Waals surface area (Å²) in [6.45, 7) is 5.45. The average Bonchev–Trinajstić information content (AvgIpc) is 3.02. The maximum atomic E-state index is 12.1. The lowest BCUT2D eigenvalue weighted by Crippen LogP contribution is -2.64. The number of rotatable bonds is 26. The molecule has 270 valence electrons. The predicted molar refractivity (Wildman–Crippen MR) is 168 cm³/mol. The summed E-state index contributed by atoms with van der Waals surface area (Å²) in [4.78, 5) is 39.8. The van der Waals surface area contributed by atoms with Crippen LogP contribution in [0.15, 0.2) is 0 Å². The molecule has 0 aromatic heterocycles. The third-order valence-corrected chi connectivity index (χ3v) is 8.08. The van der Waals surface area contributed by atoms with Gasteiger partial charge in [-0.3, -0.25) is 14.8 Å². The molecule has 6 atom stereocenters. The van der Waals surface area contributed by atoms with Crippen molar-refractivity contribution in [2.24, 2.45) is 5.41 Å². The zero-order valence-electron chi connectivity index (χ0n) is 27.9. The largest absolute Gasteiger partial charge is 0.450 e. The third kappa shape index (κ3) is 18.3. The van der Waals surface area contributed by atoms with Crippen LogP contribution in [0.5, 0.6) is 0 Å². The molecular weight excluding hydrogens is 606 g/mol. The maximum absolute atomic E-state index is 12.1. The highest BCUT2D eigenvalue weighted by Gasteiger charge is 2.45. The fraction of sp³-hybridized carbons (Fsp3) is 0.903. The van der Waals surface area contributed by atoms with Gasteiger partial charge in [-0.2, -0.15) is 0 Å². The molecule has 46 heavy (non-hydrogen) atoms. The fourth-order valence-electron chi connectivity index (χ4n) is 5.45. The molecule has 0 aromatic carbocycles. The van der Waals surface area contributed by atoms with E-state index in [1.807, 2.05) is 0 Å². The Bertz CT molecular complexity index is 827. The molecule has 1 fully saturated rings. The van der Waals surface area contributed by atoms with Crippen molar-refractivity contribution in [1.82, 2.24) is 16.0 Å². The normalized spacial score (nSPS) is 22.5. The van der Waals surface area contributed by atoms with E-state index in [0.717, 1.165) is 64.2 Å². The Morgan fingerprint density at radius 1 is 0.826 bits per heavy atom. The van der Waals surface area contributed by atoms with Crippen molar-refractivity contribution in [3.63, 3.8) is 0 Å². The first-order valence-corrected chi connectivity index (χ1v) is 16.5. The Balaban J connectivity index is 2.10. The number of aliphatic hydroxyl groups excluding tert-OH is 3. The fourth-order valence-corrected chi connectivity index (χ4v) is 5.45. The zero-order valence-corrected chi connectivity index (χ0v) is 27.9. The van der Waals surface area contributed by atoms with Crippen molar-refractivity contribution in [3.05, 3.63) is 0 Å². The molecule has 0 aromatic rings. The lowest BCUT2D eigenvalue weighted by Gasteiger charge is -2.42. The van der Waals surface area contributed by atoms with Crippen molar-refractivity contribution in [1.29, 1.82) is 0 Å². The minimum atomic E-state index is -1.38. The molecule has 1 saturated heterocycles. The maximum Gasteiger partial charge on any atom is 0.407 e. The number of aliphatic hydroxyl groups is 3. The van der Waals surface area contributed by atoms with Crippen molar-refractivity contribution < 1.29 is 58.8 Å². The van der Waals surface area contributed by atoms with Gasteiger partial charge in [-0.15, -0.1) is 0 Å². The molecule has 0 bridgehead atoms. The second-order valence-corrected chi connectivity index (χ2v) is 12.2. The van der Waals surface area contributed by atoms with Crippen LogP contribution in [0.2, 0.25) is 0 Å². The number of ether oxygens (including phenoxy) is 4. The number of carbonyl (C=O) groups excluding carboxylic acids is 3. The summed E-state index contributed by atoms with van der Waals surface area (Å²) in [6.07, 6.45) is 3.91. The molecule has 15 nitrogen and oxygen atoms in total. The molecule has 0 saturated carbocycles. The van der Waals surface area contributed by atoms with E-state index in [0.29, 0.717) is 39.3 Å². The van der Waals surface area contributed by atoms with Gasteiger partial charge in [0.15, 0.2) is 6.29 Å². The minimum Gasteiger partial charge on any atom is -0.450 e. The van der Waals surface area contributed by atoms with E-state index in [9.17, 15) is 29.7 Å². The molecule has 1 rings (SSSR count). The summed E-state index contributed by atoms with van der Waals surface area (Å²) in [7, 11) is 1.69. The molecule has 1 aliphatic heterocycles. The number of methoxy groups -OCH3 is 1. The van der Waals surface area contributed by atoms with E-state index in [2.05, 4.69) is 27.8 Å². The van der Waals surface area contributed by atoms with Crippen molar-refractivity contribution in [2.75, 3.05) is 53.2 Å². The van der Waals surface area contributed by atoms with Crippen LogP contribution >= 0.6 is 0 Å². The van der Waals surface area contributed by atoms with Crippen LogP contribution in [0.1, 0.15) is 90.9 Å². The van der Waals surface area contributed by atoms with Crippen LogP contribution in [0.25, 0.3) is 0 Å². The van der Waals surface area contributed by atoms with E-state index in [1.54, 1.807) is 7.11 Å². The standard InChI is InChI=1S/C31H59N3O12/c1-23(36)34-26-28(39)27(38)24(22-35)46-29(26)43-19-8-12-25(37)32-16-6-4-5-7-17-33-30(40)44-20-10-14-31(2,13-9-18-42-3)15-11-21-45-41/h24,26-29,35,38-39,41H,4-22H2,1-3H3,(H,32,37)(H,33,40)(H,34,36). The van der Waals surface area contributed by atoms with E-state index in [-0.39, 0.29) is 24.3 Å². The highest BCUT2D eigenvalue weighted by Crippen LogP contribution is 2.34. The Morgan fingerprint density at radius 2 is 1.46 bits per heavy atom. The molecule has 6 unspecified atom stereocenters. The number of amides is 3. The van der Waals surface area contributed by atoms with Gasteiger partial charge in [0.1, 0.15) is 24.4 Å². The topological polar surface area (TPSA) is 214 Å². The highest BCUT2D eigenvalue weighted by atomic mass is 17.1. The summed E-state index contributed by atoms with van der Waals surface area (Å²) in [5.41, 5.74) is 0.0667. The van der Waals surface area contributed by atoms with Gasteiger partial charge in [0.2, 0.25) is 11.8 Å². The number of unbranched alkanes of at least 4 members (excludes halogenated alkanes) is 3. The van der Waals surface area contributed by atoms with Crippen LogP contribution in [0.3, 0.4) is 0 Å². The first-order valence-electron chi connectivity index (χ1n) is 16.5. The Morgan fingerprint density at radius 3 is 2.07 bits per heavy atom. The van der Waals surface area contributed by atoms with Gasteiger partial charge in [0.25, 0.3) is 0 Å². The minimum absolute atomic E-state index is 0.0667. The van der Waals surface area contributed by atoms with Gasteiger partial charge in [-0.05, 0) is 63.2 Å². The number of hydrogen-bond acceptors (Lipinski definition) is 12. The van der Waals surface area contributed by atoms with Gasteiger partial charge in [-0.25, -0.2) is 9.68 Å². The van der Waals surface area contributed by atoms with Crippen LogP contribution in [0, 0.1) is 5.41 Å². The summed E-state index contributed by atoms with van der Waals surface area (Å²) in [5.74, 6) is -0.568. The van der Waals surface area contributed by atoms with Gasteiger partial charge in [0, 0.05) is 40.2 Å². The third-order valence-electron chi connectivity index (χ3n) is 8.08. The monoisotopic (exact) mass is 665 g/mol. The van der Waals surface area contributed by atoms with Crippen LogP contribution in [-0.4, -0.2) is 122 Å².